The van der Waals surface area contributed by atoms with Gasteiger partial charge in [0.1, 0.15) is 6.04 Å². The summed E-state index contributed by atoms with van der Waals surface area (Å²) in [7, 11) is 0. The van der Waals surface area contributed by atoms with Crippen LogP contribution in [0, 0.1) is 0 Å². The number of aliphatic carboxylic acids is 1. The van der Waals surface area contributed by atoms with E-state index in [0.29, 0.717) is 23.7 Å². The van der Waals surface area contributed by atoms with Gasteiger partial charge in [-0.1, -0.05) is 19.8 Å². The van der Waals surface area contributed by atoms with Crippen molar-refractivity contribution in [2.75, 3.05) is 13.2 Å². The Hall–Kier alpha value is -3.09. The van der Waals surface area contributed by atoms with E-state index in [1.807, 2.05) is 6.92 Å². The van der Waals surface area contributed by atoms with E-state index < -0.39 is 24.3 Å². The zero-order valence-corrected chi connectivity index (χ0v) is 17.6. The molecular weight excluding hydrogens is 412 g/mol. The number of nitrogens with one attached hydrogen (secondary N) is 3. The summed E-state index contributed by atoms with van der Waals surface area (Å²) in [5.74, 6) is -1.21. The standard InChI is InChI=1S/C17H28N8O4S/c1-2-3-4-8-29-17(28)25(11(13(26)27)6-5-7-20-14(18)19)15-22-10-9-21-16(30)24-12(10)23-15/h9,11-12H,2-8H2,1H3,(H,22,23)(H,26,27)(H4,18,19,20)(H2,21,24,30)/t11-,12?/m1/s1. The molecule has 0 aromatic heterocycles. The van der Waals surface area contributed by atoms with E-state index in [1.54, 1.807) is 6.20 Å². The minimum Gasteiger partial charge on any atom is -0.480 e. The van der Waals surface area contributed by atoms with Gasteiger partial charge in [-0.2, -0.15) is 0 Å². The van der Waals surface area contributed by atoms with E-state index in [9.17, 15) is 14.7 Å². The van der Waals surface area contributed by atoms with E-state index in [1.165, 1.54) is 0 Å². The highest BCUT2D eigenvalue weighted by Gasteiger charge is 2.39. The Labute approximate surface area is 179 Å². The first-order valence-electron chi connectivity index (χ1n) is 9.69. The van der Waals surface area contributed by atoms with Crippen molar-refractivity contribution in [1.29, 1.82) is 0 Å². The van der Waals surface area contributed by atoms with Crippen LogP contribution in [0.5, 0.6) is 0 Å². The van der Waals surface area contributed by atoms with E-state index in [-0.39, 0.29) is 31.5 Å². The van der Waals surface area contributed by atoms with E-state index in [4.69, 9.17) is 28.4 Å². The molecule has 0 radical (unpaired) electrons. The summed E-state index contributed by atoms with van der Waals surface area (Å²) >= 11 is 5.06. The second-order valence-corrected chi connectivity index (χ2v) is 7.10. The van der Waals surface area contributed by atoms with Crippen molar-refractivity contribution >= 4 is 41.3 Å². The second-order valence-electron chi connectivity index (χ2n) is 6.69. The van der Waals surface area contributed by atoms with Crippen LogP contribution in [0.1, 0.15) is 39.0 Å². The Bertz CT molecular complexity index is 750. The Morgan fingerprint density at radius 3 is 2.83 bits per heavy atom. The largest absolute Gasteiger partial charge is 0.480 e. The molecule has 166 valence electrons. The quantitative estimate of drug-likeness (QED) is 0.114. The highest BCUT2D eigenvalue weighted by atomic mass is 32.1. The van der Waals surface area contributed by atoms with Crippen molar-refractivity contribution in [2.24, 2.45) is 21.5 Å². The van der Waals surface area contributed by atoms with Crippen LogP contribution in [0.3, 0.4) is 0 Å². The number of thiocarbonyl (C=S) groups is 1. The lowest BCUT2D eigenvalue weighted by molar-refractivity contribution is -0.141. The van der Waals surface area contributed by atoms with E-state index >= 15 is 0 Å². The summed E-state index contributed by atoms with van der Waals surface area (Å²) < 4.78 is 5.32. The number of nitrogens with two attached hydrogens (primary N) is 2. The fourth-order valence-corrected chi connectivity index (χ4v) is 3.05. The molecule has 0 fully saturated rings. The van der Waals surface area contributed by atoms with Crippen LogP contribution in [-0.4, -0.2) is 64.5 Å². The van der Waals surface area contributed by atoms with Gasteiger partial charge in [-0.25, -0.2) is 19.5 Å². The molecule has 1 unspecified atom stereocenters. The van der Waals surface area contributed by atoms with Crippen LogP contribution in [0.15, 0.2) is 21.9 Å². The van der Waals surface area contributed by atoms with Gasteiger partial charge in [0.15, 0.2) is 17.2 Å². The third kappa shape index (κ3) is 6.47. The summed E-state index contributed by atoms with van der Waals surface area (Å²) in [6.45, 7) is 2.45. The number of guanidine groups is 2. The van der Waals surface area contributed by atoms with Gasteiger partial charge in [-0.05, 0) is 31.5 Å². The first kappa shape index (κ1) is 23.2. The number of carbonyl (C=O) groups excluding carboxylic acids is 1. The van der Waals surface area contributed by atoms with Crippen LogP contribution >= 0.6 is 12.2 Å². The molecule has 2 atom stereocenters. The van der Waals surface area contributed by atoms with Crippen LogP contribution < -0.4 is 27.4 Å². The molecule has 0 saturated carbocycles. The number of carbonyl (C=O) groups is 2. The molecule has 0 aromatic rings. The molecule has 1 amide bonds. The molecule has 0 aliphatic carbocycles. The average Bonchev–Trinajstić information content (AvgIpc) is 3.09. The van der Waals surface area contributed by atoms with E-state index in [2.05, 4.69) is 25.9 Å². The van der Waals surface area contributed by atoms with Gasteiger partial charge in [0, 0.05) is 12.7 Å². The molecule has 2 aliphatic heterocycles. The molecule has 0 bridgehead atoms. The van der Waals surface area contributed by atoms with Gasteiger partial charge in [0.25, 0.3) is 0 Å². The topological polar surface area (TPSA) is 180 Å². The number of unbranched alkanes of at least 4 members (excludes halogenated alkanes) is 2. The number of hydrogen-bond acceptors (Lipinski definition) is 7. The monoisotopic (exact) mass is 440 g/mol. The number of rotatable bonds is 10. The van der Waals surface area contributed by atoms with Crippen molar-refractivity contribution in [2.45, 2.75) is 51.2 Å². The van der Waals surface area contributed by atoms with Crippen LogP contribution in [0.2, 0.25) is 0 Å². The molecule has 0 spiro atoms. The number of ether oxygens (including phenoxy) is 1. The first-order valence-corrected chi connectivity index (χ1v) is 10.1. The fourth-order valence-electron chi connectivity index (χ4n) is 2.88. The van der Waals surface area contributed by atoms with Crippen molar-refractivity contribution in [1.82, 2.24) is 20.9 Å². The van der Waals surface area contributed by atoms with Gasteiger partial charge in [-0.3, -0.25) is 4.99 Å². The minimum atomic E-state index is -1.22. The summed E-state index contributed by atoms with van der Waals surface area (Å²) in [4.78, 5) is 34.1. The van der Waals surface area contributed by atoms with Crippen molar-refractivity contribution in [3.8, 4) is 0 Å². The van der Waals surface area contributed by atoms with Crippen molar-refractivity contribution in [3.63, 3.8) is 0 Å². The molecule has 2 heterocycles. The molecule has 13 heteroatoms. The van der Waals surface area contributed by atoms with Crippen molar-refractivity contribution in [3.05, 3.63) is 11.9 Å². The molecule has 8 N–H and O–H groups in total. The Morgan fingerprint density at radius 2 is 2.17 bits per heavy atom. The Kier molecular flexibility index (Phi) is 8.65. The lowest BCUT2D eigenvalue weighted by Crippen LogP contribution is -2.52. The third-order valence-electron chi connectivity index (χ3n) is 4.35. The summed E-state index contributed by atoms with van der Waals surface area (Å²) in [5, 5.41) is 18.9. The number of fused-ring (bicyclic) bond motifs is 1. The lowest BCUT2D eigenvalue weighted by atomic mass is 10.1. The van der Waals surface area contributed by atoms with Crippen molar-refractivity contribution < 1.29 is 19.4 Å². The van der Waals surface area contributed by atoms with Crippen LogP contribution in [-0.2, 0) is 9.53 Å². The van der Waals surface area contributed by atoms with Crippen LogP contribution in [0.25, 0.3) is 0 Å². The molecule has 30 heavy (non-hydrogen) atoms. The third-order valence-corrected chi connectivity index (χ3v) is 4.59. The summed E-state index contributed by atoms with van der Waals surface area (Å²) in [6.07, 6.45) is 3.27. The minimum absolute atomic E-state index is 0.0694. The van der Waals surface area contributed by atoms with E-state index in [0.717, 1.165) is 17.7 Å². The Morgan fingerprint density at radius 1 is 1.40 bits per heavy atom. The van der Waals surface area contributed by atoms with Gasteiger partial charge in [0.05, 0.1) is 12.3 Å². The summed E-state index contributed by atoms with van der Waals surface area (Å²) in [5.41, 5.74) is 11.2. The van der Waals surface area contributed by atoms with Crippen LogP contribution in [0.4, 0.5) is 4.79 Å². The predicted octanol–water partition coefficient (Wildman–Crippen LogP) is -0.274. The van der Waals surface area contributed by atoms with Gasteiger partial charge >= 0.3 is 12.1 Å². The lowest BCUT2D eigenvalue weighted by Gasteiger charge is -2.27. The van der Waals surface area contributed by atoms with Gasteiger partial charge in [-0.15, -0.1) is 0 Å². The number of amides is 1. The number of hydrogen-bond donors (Lipinski definition) is 6. The zero-order chi connectivity index (χ0) is 22.1. The fraction of sp³-hybridized carbons (Fsp3) is 0.588. The number of carboxylic acids is 1. The summed E-state index contributed by atoms with van der Waals surface area (Å²) in [6, 6.07) is -1.22. The first-order chi connectivity index (χ1) is 14.3. The highest BCUT2D eigenvalue weighted by Crippen LogP contribution is 2.18. The smallest absolute Gasteiger partial charge is 0.417 e. The van der Waals surface area contributed by atoms with Gasteiger partial charge < -0.3 is 37.3 Å². The predicted molar refractivity (Wildman–Crippen MR) is 115 cm³/mol. The molecule has 2 rings (SSSR count). The zero-order valence-electron chi connectivity index (χ0n) is 16.8. The molecule has 12 nitrogen and oxygen atoms in total. The Balaban J connectivity index is 2.19. The maximum absolute atomic E-state index is 12.8. The number of carboxylic acid groups (broad SMARTS) is 1. The maximum Gasteiger partial charge on any atom is 0.417 e. The molecular formula is C17H28N8O4S. The highest BCUT2D eigenvalue weighted by molar-refractivity contribution is 7.80. The number of aliphatic imine (C=N–C) groups is 2. The maximum atomic E-state index is 12.8. The average molecular weight is 441 g/mol. The molecule has 0 aromatic carbocycles. The number of nitrogens with zero attached hydrogens (tertiary/aromatic N) is 3. The SMILES string of the molecule is CCCCCOC(=O)N(C1=NC2NC(=S)NC=C2N1)[C@H](CCCN=C(N)N)C(=O)O. The molecule has 0 saturated heterocycles. The second kappa shape index (κ2) is 11.2. The van der Waals surface area contributed by atoms with Gasteiger partial charge in [0.2, 0.25) is 5.96 Å². The molecule has 2 aliphatic rings. The normalized spacial score (nSPS) is 17.9.